The van der Waals surface area contributed by atoms with Crippen LogP contribution in [-0.2, 0) is 10.0 Å². The van der Waals surface area contributed by atoms with Gasteiger partial charge in [0.05, 0.1) is 15.5 Å². The van der Waals surface area contributed by atoms with Crippen LogP contribution in [0.4, 0.5) is 4.39 Å². The van der Waals surface area contributed by atoms with Gasteiger partial charge in [0, 0.05) is 36.6 Å². The minimum Gasteiger partial charge on any atom is -0.338 e. The Bertz CT molecular complexity index is 914. The highest BCUT2D eigenvalue weighted by atomic mass is 32.2. The summed E-state index contributed by atoms with van der Waals surface area (Å²) in [6.45, 7) is 4.35. The first-order valence-corrected chi connectivity index (χ1v) is 11.1. The van der Waals surface area contributed by atoms with E-state index in [4.69, 9.17) is 0 Å². The second-order valence-corrected chi connectivity index (χ2v) is 9.52. The van der Waals surface area contributed by atoms with Crippen LogP contribution in [0.1, 0.15) is 48.0 Å². The molecule has 1 unspecified atom stereocenters. The minimum atomic E-state index is -3.81. The van der Waals surface area contributed by atoms with E-state index in [1.54, 1.807) is 36.3 Å². The van der Waals surface area contributed by atoms with E-state index in [9.17, 15) is 17.6 Å². The van der Waals surface area contributed by atoms with Crippen molar-refractivity contribution >= 4 is 27.3 Å². The number of carbonyl (C=O) groups excluding carboxylic acids is 1. The summed E-state index contributed by atoms with van der Waals surface area (Å²) < 4.78 is 41.5. The Labute approximate surface area is 162 Å². The fourth-order valence-corrected chi connectivity index (χ4v) is 5.23. The number of piperidine rings is 1. The van der Waals surface area contributed by atoms with Crippen molar-refractivity contribution in [3.63, 3.8) is 0 Å². The van der Waals surface area contributed by atoms with E-state index in [1.807, 2.05) is 5.38 Å². The lowest BCUT2D eigenvalue weighted by Gasteiger charge is -2.32. The molecule has 1 aromatic heterocycles. The zero-order valence-corrected chi connectivity index (χ0v) is 16.8. The highest BCUT2D eigenvalue weighted by Crippen LogP contribution is 2.29. The highest BCUT2D eigenvalue weighted by molar-refractivity contribution is 7.89. The van der Waals surface area contributed by atoms with Crippen molar-refractivity contribution in [1.29, 1.82) is 0 Å². The molecule has 2 heterocycles. The van der Waals surface area contributed by atoms with E-state index in [-0.39, 0.29) is 22.4 Å². The van der Waals surface area contributed by atoms with Crippen LogP contribution in [0.2, 0.25) is 0 Å². The molecule has 6 nitrogen and oxygen atoms in total. The number of halogens is 1. The van der Waals surface area contributed by atoms with E-state index < -0.39 is 21.7 Å². The highest BCUT2D eigenvalue weighted by Gasteiger charge is 2.29. The Kier molecular flexibility index (Phi) is 5.92. The first-order valence-electron chi connectivity index (χ1n) is 8.78. The number of likely N-dealkylation sites (tertiary alicyclic amines) is 1. The molecular weight excluding hydrogens is 389 g/mol. The van der Waals surface area contributed by atoms with Gasteiger partial charge in [0.2, 0.25) is 10.0 Å². The summed E-state index contributed by atoms with van der Waals surface area (Å²) in [5, 5.41) is 2.86. The fraction of sp³-hybridized carbons (Fsp3) is 0.444. The number of nitrogens with zero attached hydrogens (tertiary/aromatic N) is 2. The normalized spacial score (nSPS) is 18.1. The number of aromatic nitrogens is 1. The molecule has 1 aliphatic rings. The monoisotopic (exact) mass is 411 g/mol. The first-order chi connectivity index (χ1) is 12.8. The van der Waals surface area contributed by atoms with Crippen LogP contribution in [0.3, 0.4) is 0 Å². The van der Waals surface area contributed by atoms with Crippen molar-refractivity contribution < 1.29 is 17.6 Å². The van der Waals surface area contributed by atoms with Crippen LogP contribution in [0.5, 0.6) is 0 Å². The molecule has 1 N–H and O–H groups in total. The smallest absolute Gasteiger partial charge is 0.256 e. The zero-order valence-electron chi connectivity index (χ0n) is 15.2. The SMILES string of the molecule is CC(C)NS(=O)(=O)c1ccc(F)c(C(=O)N2CCCC(c3nccs3)C2)c1. The van der Waals surface area contributed by atoms with Crippen LogP contribution in [0, 0.1) is 5.82 Å². The largest absolute Gasteiger partial charge is 0.338 e. The van der Waals surface area contributed by atoms with Gasteiger partial charge in [-0.05, 0) is 44.9 Å². The van der Waals surface area contributed by atoms with Gasteiger partial charge in [0.1, 0.15) is 5.82 Å². The van der Waals surface area contributed by atoms with Crippen LogP contribution >= 0.6 is 11.3 Å². The van der Waals surface area contributed by atoms with E-state index in [0.29, 0.717) is 13.1 Å². The van der Waals surface area contributed by atoms with Gasteiger partial charge in [0.25, 0.3) is 5.91 Å². The van der Waals surface area contributed by atoms with Gasteiger partial charge in [-0.2, -0.15) is 0 Å². The number of nitrogens with one attached hydrogen (secondary N) is 1. The van der Waals surface area contributed by atoms with E-state index in [1.165, 1.54) is 6.07 Å². The lowest BCUT2D eigenvalue weighted by Crippen LogP contribution is -2.39. The average Bonchev–Trinajstić information content (AvgIpc) is 3.15. The average molecular weight is 412 g/mol. The van der Waals surface area contributed by atoms with E-state index in [0.717, 1.165) is 30.0 Å². The molecule has 0 saturated carbocycles. The van der Waals surface area contributed by atoms with Gasteiger partial charge < -0.3 is 4.90 Å². The predicted octanol–water partition coefficient (Wildman–Crippen LogP) is 2.99. The predicted molar refractivity (Wildman–Crippen MR) is 102 cm³/mol. The Morgan fingerprint density at radius 2 is 2.19 bits per heavy atom. The van der Waals surface area contributed by atoms with Crippen molar-refractivity contribution in [3.8, 4) is 0 Å². The number of carbonyl (C=O) groups is 1. The molecule has 0 aliphatic carbocycles. The number of hydrogen-bond acceptors (Lipinski definition) is 5. The lowest BCUT2D eigenvalue weighted by atomic mass is 9.98. The quantitative estimate of drug-likeness (QED) is 0.820. The molecule has 1 saturated heterocycles. The summed E-state index contributed by atoms with van der Waals surface area (Å²) in [4.78, 5) is 18.7. The number of amides is 1. The zero-order chi connectivity index (χ0) is 19.6. The Balaban J connectivity index is 1.85. The first kappa shape index (κ1) is 19.9. The lowest BCUT2D eigenvalue weighted by molar-refractivity contribution is 0.0702. The Morgan fingerprint density at radius 3 is 2.85 bits per heavy atom. The number of sulfonamides is 1. The summed E-state index contributed by atoms with van der Waals surface area (Å²) >= 11 is 1.54. The molecule has 0 spiro atoms. The molecule has 1 atom stereocenters. The summed E-state index contributed by atoms with van der Waals surface area (Å²) in [6.07, 6.45) is 3.45. The van der Waals surface area contributed by atoms with Crippen molar-refractivity contribution in [1.82, 2.24) is 14.6 Å². The third kappa shape index (κ3) is 4.53. The number of hydrogen-bond donors (Lipinski definition) is 1. The summed E-state index contributed by atoms with van der Waals surface area (Å²) in [5.41, 5.74) is -0.221. The van der Waals surface area contributed by atoms with Crippen LogP contribution in [0.25, 0.3) is 0 Å². The van der Waals surface area contributed by atoms with Crippen molar-refractivity contribution in [3.05, 3.63) is 46.2 Å². The molecule has 0 bridgehead atoms. The topological polar surface area (TPSA) is 79.4 Å². The van der Waals surface area contributed by atoms with Gasteiger partial charge in [-0.3, -0.25) is 4.79 Å². The van der Waals surface area contributed by atoms with Gasteiger partial charge in [-0.1, -0.05) is 0 Å². The molecule has 146 valence electrons. The van der Waals surface area contributed by atoms with Crippen LogP contribution < -0.4 is 4.72 Å². The molecule has 1 amide bonds. The van der Waals surface area contributed by atoms with Crippen LogP contribution in [0.15, 0.2) is 34.7 Å². The maximum Gasteiger partial charge on any atom is 0.256 e. The van der Waals surface area contributed by atoms with E-state index >= 15 is 0 Å². The van der Waals surface area contributed by atoms with Gasteiger partial charge in [0.15, 0.2) is 0 Å². The summed E-state index contributed by atoms with van der Waals surface area (Å²) in [5.74, 6) is -1.09. The van der Waals surface area contributed by atoms with Crippen LogP contribution in [-0.4, -0.2) is 43.3 Å². The maximum absolute atomic E-state index is 14.3. The van der Waals surface area contributed by atoms with Gasteiger partial charge in [-0.15, -0.1) is 11.3 Å². The van der Waals surface area contributed by atoms with Crippen molar-refractivity contribution in [2.24, 2.45) is 0 Å². The second kappa shape index (κ2) is 8.04. The van der Waals surface area contributed by atoms with Gasteiger partial charge >= 0.3 is 0 Å². The molecule has 3 rings (SSSR count). The standard InChI is InChI=1S/C18H22FN3O3S2/c1-12(2)21-27(24,25)14-5-6-16(19)15(10-14)18(23)22-8-3-4-13(11-22)17-20-7-9-26-17/h5-7,9-10,12-13,21H,3-4,8,11H2,1-2H3. The van der Waals surface area contributed by atoms with Crippen molar-refractivity contribution in [2.45, 2.75) is 43.5 Å². The molecular formula is C18H22FN3O3S2. The van der Waals surface area contributed by atoms with Crippen molar-refractivity contribution in [2.75, 3.05) is 13.1 Å². The molecule has 2 aromatic rings. The molecule has 1 fully saturated rings. The molecule has 1 aromatic carbocycles. The fourth-order valence-electron chi connectivity index (χ4n) is 3.18. The Hall–Kier alpha value is -1.84. The third-order valence-corrected chi connectivity index (χ3v) is 6.97. The van der Waals surface area contributed by atoms with E-state index in [2.05, 4.69) is 9.71 Å². The second-order valence-electron chi connectivity index (χ2n) is 6.88. The number of benzene rings is 1. The number of thiazole rings is 1. The number of rotatable bonds is 5. The maximum atomic E-state index is 14.3. The van der Waals surface area contributed by atoms with Gasteiger partial charge in [-0.25, -0.2) is 22.5 Å². The Morgan fingerprint density at radius 1 is 1.41 bits per heavy atom. The minimum absolute atomic E-state index is 0.116. The molecule has 9 heteroatoms. The summed E-state index contributed by atoms with van der Waals surface area (Å²) in [7, 11) is -3.81. The third-order valence-electron chi connectivity index (χ3n) is 4.38. The molecule has 1 aliphatic heterocycles. The molecule has 0 radical (unpaired) electrons. The molecule has 27 heavy (non-hydrogen) atoms. The summed E-state index contributed by atoms with van der Waals surface area (Å²) in [6, 6.07) is 3.02.